The van der Waals surface area contributed by atoms with E-state index in [0.29, 0.717) is 6.07 Å². The van der Waals surface area contributed by atoms with Crippen molar-refractivity contribution in [2.24, 2.45) is 4.99 Å². The molecular weight excluding hydrogens is 556 g/mol. The number of rotatable bonds is 5. The van der Waals surface area contributed by atoms with Gasteiger partial charge in [0.2, 0.25) is 5.60 Å². The molecule has 1 aromatic carbocycles. The zero-order valence-corrected chi connectivity index (χ0v) is 20.1. The summed E-state index contributed by atoms with van der Waals surface area (Å²) in [7, 11) is 0. The quantitative estimate of drug-likeness (QED) is 0.414. The van der Waals surface area contributed by atoms with E-state index in [1.54, 1.807) is 6.07 Å². The van der Waals surface area contributed by atoms with Gasteiger partial charge in [0.25, 0.3) is 24.3 Å². The van der Waals surface area contributed by atoms with Crippen LogP contribution in [-0.4, -0.2) is 46.4 Å². The third kappa shape index (κ3) is 6.11. The number of pyridine rings is 2. The number of amides is 2. The molecule has 0 unspecified atom stereocenters. The summed E-state index contributed by atoms with van der Waals surface area (Å²) in [6.45, 7) is 0. The maximum atomic E-state index is 14.9. The molecule has 39 heavy (non-hydrogen) atoms. The monoisotopic (exact) mass is 571 g/mol. The first-order valence-electron chi connectivity index (χ1n) is 11.0. The van der Waals surface area contributed by atoms with Crippen molar-refractivity contribution in [3.63, 3.8) is 0 Å². The number of ether oxygens (including phenoxy) is 1. The lowest BCUT2D eigenvalue weighted by Gasteiger charge is -2.39. The topological polar surface area (TPSA) is 106 Å². The Balaban J connectivity index is 1.71. The van der Waals surface area contributed by atoms with Gasteiger partial charge in [-0.2, -0.15) is 13.2 Å². The molecule has 15 heteroatoms. The molecule has 0 saturated heterocycles. The predicted octanol–water partition coefficient (Wildman–Crippen LogP) is 5.12. The summed E-state index contributed by atoms with van der Waals surface area (Å²) < 4.78 is 90.4. The standard InChI is InChI=1S/C24H16ClF6N5O3/c25-13-6-8-15(32-11-13)20(38)35-17-9-7-14(26)18(34-17)23(21(27)28)10-16(24(29,30)31)33-22(39-23)36-19(37)12-4-2-1-3-5-12/h1-9,11,16,21H,10H2,(H,33,36,37)(H,34,35,38)/t16-,23+/m0/s1. The summed E-state index contributed by atoms with van der Waals surface area (Å²) >= 11 is 5.72. The van der Waals surface area contributed by atoms with Crippen LogP contribution in [0.25, 0.3) is 0 Å². The summed E-state index contributed by atoms with van der Waals surface area (Å²) in [6.07, 6.45) is -9.37. The van der Waals surface area contributed by atoms with Gasteiger partial charge in [-0.15, -0.1) is 0 Å². The molecule has 1 aliphatic rings. The number of amidine groups is 1. The molecule has 3 heterocycles. The van der Waals surface area contributed by atoms with Gasteiger partial charge < -0.3 is 10.1 Å². The number of carbonyl (C=O) groups excluding carboxylic acids is 2. The van der Waals surface area contributed by atoms with E-state index >= 15 is 0 Å². The van der Waals surface area contributed by atoms with Crippen LogP contribution in [0.1, 0.15) is 33.0 Å². The predicted molar refractivity (Wildman–Crippen MR) is 126 cm³/mol. The highest BCUT2D eigenvalue weighted by Crippen LogP contribution is 2.44. The van der Waals surface area contributed by atoms with Crippen LogP contribution in [0.2, 0.25) is 5.02 Å². The number of hydrogen-bond donors (Lipinski definition) is 2. The number of nitrogens with one attached hydrogen (secondary N) is 2. The second-order valence-corrected chi connectivity index (χ2v) is 8.59. The number of aromatic nitrogens is 2. The molecule has 0 fully saturated rings. The molecule has 3 aromatic rings. The summed E-state index contributed by atoms with van der Waals surface area (Å²) in [5, 5.41) is 4.35. The van der Waals surface area contributed by atoms with Crippen molar-refractivity contribution < 1.29 is 40.7 Å². The first kappa shape index (κ1) is 27.8. The summed E-state index contributed by atoms with van der Waals surface area (Å²) in [5.74, 6) is -3.84. The van der Waals surface area contributed by atoms with Crippen LogP contribution in [0.4, 0.5) is 32.2 Å². The van der Waals surface area contributed by atoms with Crippen LogP contribution in [0, 0.1) is 5.82 Å². The molecule has 2 atom stereocenters. The van der Waals surface area contributed by atoms with Crippen LogP contribution in [0.5, 0.6) is 0 Å². The third-order valence-corrected chi connectivity index (χ3v) is 5.71. The van der Waals surface area contributed by atoms with E-state index in [2.05, 4.69) is 20.3 Å². The Morgan fingerprint density at radius 2 is 1.74 bits per heavy atom. The van der Waals surface area contributed by atoms with E-state index in [4.69, 9.17) is 16.3 Å². The number of halogens is 7. The van der Waals surface area contributed by atoms with Gasteiger partial charge in [0, 0.05) is 18.2 Å². The van der Waals surface area contributed by atoms with Gasteiger partial charge >= 0.3 is 6.18 Å². The molecule has 4 rings (SSSR count). The maximum Gasteiger partial charge on any atom is 0.411 e. The van der Waals surface area contributed by atoms with E-state index in [1.807, 2.05) is 5.32 Å². The molecule has 204 valence electrons. The lowest BCUT2D eigenvalue weighted by atomic mass is 9.89. The van der Waals surface area contributed by atoms with Crippen LogP contribution < -0.4 is 10.6 Å². The Hall–Kier alpha value is -4.20. The van der Waals surface area contributed by atoms with E-state index in [1.165, 1.54) is 36.4 Å². The van der Waals surface area contributed by atoms with E-state index in [-0.39, 0.29) is 16.3 Å². The second kappa shape index (κ2) is 10.9. The van der Waals surface area contributed by atoms with Crippen molar-refractivity contribution in [3.8, 4) is 0 Å². The fourth-order valence-electron chi connectivity index (χ4n) is 3.60. The van der Waals surface area contributed by atoms with Crippen LogP contribution >= 0.6 is 11.6 Å². The molecule has 0 radical (unpaired) electrons. The average Bonchev–Trinajstić information content (AvgIpc) is 2.89. The molecule has 0 aliphatic carbocycles. The average molecular weight is 572 g/mol. The molecule has 0 bridgehead atoms. The number of nitrogens with zero attached hydrogens (tertiary/aromatic N) is 3. The fourth-order valence-corrected chi connectivity index (χ4v) is 3.71. The van der Waals surface area contributed by atoms with Gasteiger partial charge in [0.05, 0.1) is 5.02 Å². The SMILES string of the molecule is O=C(NC1=N[C@H](C(F)(F)F)C[C@@](c2nc(NC(=O)c3ccc(Cl)cn3)ccc2F)(C(F)F)O1)c1ccccc1. The van der Waals surface area contributed by atoms with Crippen molar-refractivity contribution in [2.45, 2.75) is 30.7 Å². The van der Waals surface area contributed by atoms with E-state index < -0.39 is 65.8 Å². The molecule has 2 aromatic heterocycles. The highest BCUT2D eigenvalue weighted by Gasteiger charge is 2.58. The normalized spacial score (nSPS) is 19.2. The van der Waals surface area contributed by atoms with Crippen molar-refractivity contribution in [1.29, 1.82) is 0 Å². The largest absolute Gasteiger partial charge is 0.445 e. The van der Waals surface area contributed by atoms with Gasteiger partial charge in [0.15, 0.2) is 6.04 Å². The highest BCUT2D eigenvalue weighted by atomic mass is 35.5. The molecule has 2 N–H and O–H groups in total. The first-order valence-corrected chi connectivity index (χ1v) is 11.3. The summed E-state index contributed by atoms with van der Waals surface area (Å²) in [4.78, 5) is 35.6. The molecule has 1 aliphatic heterocycles. The summed E-state index contributed by atoms with van der Waals surface area (Å²) in [5.41, 5.74) is -4.79. The molecule has 8 nitrogen and oxygen atoms in total. The summed E-state index contributed by atoms with van der Waals surface area (Å²) in [6, 6.07) is 7.18. The number of alkyl halides is 5. The van der Waals surface area contributed by atoms with Crippen molar-refractivity contribution in [2.75, 3.05) is 5.32 Å². The van der Waals surface area contributed by atoms with Gasteiger partial charge in [-0.1, -0.05) is 29.8 Å². The van der Waals surface area contributed by atoms with Gasteiger partial charge in [-0.05, 0) is 36.4 Å². The number of carbonyl (C=O) groups is 2. The minimum Gasteiger partial charge on any atom is -0.445 e. The third-order valence-electron chi connectivity index (χ3n) is 5.48. The van der Waals surface area contributed by atoms with Crippen molar-refractivity contribution in [3.05, 3.63) is 88.6 Å². The van der Waals surface area contributed by atoms with E-state index in [0.717, 1.165) is 12.3 Å². The Kier molecular flexibility index (Phi) is 7.77. The minimum absolute atomic E-state index is 0.0367. The molecular formula is C24H16ClF6N5O3. The van der Waals surface area contributed by atoms with E-state index in [9.17, 15) is 35.9 Å². The lowest BCUT2D eigenvalue weighted by Crippen LogP contribution is -2.53. The first-order chi connectivity index (χ1) is 18.4. The Morgan fingerprint density at radius 1 is 1.03 bits per heavy atom. The molecule has 2 amide bonds. The zero-order valence-electron chi connectivity index (χ0n) is 19.3. The number of benzene rings is 1. The number of anilines is 1. The molecule has 0 saturated carbocycles. The number of aliphatic imine (C=N–C) groups is 1. The van der Waals surface area contributed by atoms with Gasteiger partial charge in [0.1, 0.15) is 23.0 Å². The minimum atomic E-state index is -5.17. The van der Waals surface area contributed by atoms with Crippen LogP contribution in [0.15, 0.2) is 65.8 Å². The lowest BCUT2D eigenvalue weighted by molar-refractivity contribution is -0.185. The Bertz CT molecular complexity index is 1410. The highest BCUT2D eigenvalue weighted by molar-refractivity contribution is 6.30. The smallest absolute Gasteiger partial charge is 0.411 e. The van der Waals surface area contributed by atoms with Gasteiger partial charge in [-0.3, -0.25) is 14.9 Å². The maximum absolute atomic E-state index is 14.9. The Labute approximate surface area is 221 Å². The fraction of sp³-hybridized carbons (Fsp3) is 0.208. The van der Waals surface area contributed by atoms with Gasteiger partial charge in [-0.25, -0.2) is 28.1 Å². The zero-order chi connectivity index (χ0) is 28.4. The van der Waals surface area contributed by atoms with Crippen molar-refractivity contribution in [1.82, 2.24) is 15.3 Å². The Morgan fingerprint density at radius 3 is 2.36 bits per heavy atom. The second-order valence-electron chi connectivity index (χ2n) is 8.15. The number of hydrogen-bond acceptors (Lipinski definition) is 6. The van der Waals surface area contributed by atoms with Crippen LogP contribution in [0.3, 0.4) is 0 Å². The molecule has 0 spiro atoms. The van der Waals surface area contributed by atoms with Crippen LogP contribution in [-0.2, 0) is 10.3 Å². The van der Waals surface area contributed by atoms with Crippen molar-refractivity contribution >= 4 is 35.3 Å².